The van der Waals surface area contributed by atoms with Crippen LogP contribution in [0.25, 0.3) is 6.08 Å². The second kappa shape index (κ2) is 4.69. The number of benzene rings is 1. The lowest BCUT2D eigenvalue weighted by atomic mass is 10.2. The second-order valence-corrected chi connectivity index (χ2v) is 3.32. The second-order valence-electron chi connectivity index (χ2n) is 3.32. The minimum Gasteiger partial charge on any atom is -0.493 e. The fourth-order valence-electron chi connectivity index (χ4n) is 1.45. The Balaban J connectivity index is 2.32. The van der Waals surface area contributed by atoms with Crippen molar-refractivity contribution < 1.29 is 19.1 Å². The first-order valence-electron chi connectivity index (χ1n) is 5.17. The first-order chi connectivity index (χ1) is 8.20. The monoisotopic (exact) mass is 233 g/mol. The molecule has 0 aromatic heterocycles. The molecule has 1 saturated heterocycles. The molecule has 1 fully saturated rings. The summed E-state index contributed by atoms with van der Waals surface area (Å²) in [4.78, 5) is 22.1. The van der Waals surface area contributed by atoms with Crippen LogP contribution in [0.5, 0.6) is 5.75 Å². The van der Waals surface area contributed by atoms with Crippen molar-refractivity contribution in [1.29, 1.82) is 0 Å². The minimum absolute atomic E-state index is 0.0258. The predicted molar refractivity (Wildman–Crippen MR) is 60.2 cm³/mol. The maximum absolute atomic E-state index is 11.3. The maximum atomic E-state index is 11.3. The molecule has 1 heterocycles. The third-order valence-corrected chi connectivity index (χ3v) is 2.15. The van der Waals surface area contributed by atoms with Crippen LogP contribution in [-0.4, -0.2) is 18.6 Å². The van der Waals surface area contributed by atoms with Gasteiger partial charge in [-0.1, -0.05) is 18.2 Å². The van der Waals surface area contributed by atoms with Crippen LogP contribution >= 0.6 is 0 Å². The largest absolute Gasteiger partial charge is 0.493 e. The van der Waals surface area contributed by atoms with Crippen LogP contribution < -0.4 is 10.1 Å². The zero-order chi connectivity index (χ0) is 12.3. The first kappa shape index (κ1) is 11.2. The van der Waals surface area contributed by atoms with Crippen molar-refractivity contribution in [3.05, 3.63) is 35.6 Å². The molecule has 0 aliphatic carbocycles. The van der Waals surface area contributed by atoms with E-state index < -0.39 is 12.0 Å². The Bertz CT molecular complexity index is 493. The molecule has 5 heteroatoms. The molecule has 1 N–H and O–H groups in total. The maximum Gasteiger partial charge on any atom is 0.419 e. The highest BCUT2D eigenvalue weighted by Crippen LogP contribution is 2.22. The van der Waals surface area contributed by atoms with E-state index in [0.717, 1.165) is 0 Å². The molecule has 0 bridgehead atoms. The van der Waals surface area contributed by atoms with E-state index in [4.69, 9.17) is 9.47 Å². The molecule has 0 saturated carbocycles. The summed E-state index contributed by atoms with van der Waals surface area (Å²) in [5.41, 5.74) is 0.689. The molecule has 17 heavy (non-hydrogen) atoms. The Kier molecular flexibility index (Phi) is 3.09. The molecule has 88 valence electrons. The molecule has 1 aromatic carbocycles. The SMILES string of the molecule is CCOc1ccccc1C=C1OC(=O)NC1=O. The van der Waals surface area contributed by atoms with Gasteiger partial charge in [-0.25, -0.2) is 4.79 Å². The molecular weight excluding hydrogens is 222 g/mol. The van der Waals surface area contributed by atoms with Gasteiger partial charge in [-0.2, -0.15) is 0 Å². The quantitative estimate of drug-likeness (QED) is 0.807. The summed E-state index contributed by atoms with van der Waals surface area (Å²) < 4.78 is 10.1. The van der Waals surface area contributed by atoms with Gasteiger partial charge in [0.15, 0.2) is 5.76 Å². The van der Waals surface area contributed by atoms with Gasteiger partial charge in [-0.15, -0.1) is 0 Å². The highest BCUT2D eigenvalue weighted by atomic mass is 16.6. The average Bonchev–Trinajstić information content (AvgIpc) is 2.61. The van der Waals surface area contributed by atoms with E-state index in [1.54, 1.807) is 12.1 Å². The Morgan fingerprint density at radius 2 is 2.12 bits per heavy atom. The lowest BCUT2D eigenvalue weighted by molar-refractivity contribution is -0.116. The molecule has 0 radical (unpaired) electrons. The number of imide groups is 1. The van der Waals surface area contributed by atoms with Gasteiger partial charge in [0.2, 0.25) is 0 Å². The van der Waals surface area contributed by atoms with E-state index in [1.807, 2.05) is 24.4 Å². The van der Waals surface area contributed by atoms with Gasteiger partial charge in [-0.05, 0) is 19.1 Å². The molecule has 1 aromatic rings. The molecule has 0 unspecified atom stereocenters. The average molecular weight is 233 g/mol. The van der Waals surface area contributed by atoms with E-state index in [1.165, 1.54) is 6.08 Å². The van der Waals surface area contributed by atoms with E-state index in [9.17, 15) is 9.59 Å². The molecule has 0 atom stereocenters. The first-order valence-corrected chi connectivity index (χ1v) is 5.17. The van der Waals surface area contributed by atoms with Crippen molar-refractivity contribution in [2.45, 2.75) is 6.92 Å². The molecule has 2 amide bonds. The third-order valence-electron chi connectivity index (χ3n) is 2.15. The standard InChI is InChI=1S/C12H11NO4/c1-2-16-9-6-4-3-5-8(9)7-10-11(14)13-12(15)17-10/h3-7H,2H2,1H3,(H,13,14,15). The van der Waals surface area contributed by atoms with Gasteiger partial charge in [0.1, 0.15) is 5.75 Å². The lowest BCUT2D eigenvalue weighted by Gasteiger charge is -2.06. The van der Waals surface area contributed by atoms with Crippen LogP contribution in [0.2, 0.25) is 0 Å². The van der Waals surface area contributed by atoms with Crippen molar-refractivity contribution in [2.24, 2.45) is 0 Å². The van der Waals surface area contributed by atoms with Crippen molar-refractivity contribution in [1.82, 2.24) is 5.32 Å². The number of alkyl carbamates (subject to hydrolysis) is 1. The van der Waals surface area contributed by atoms with Gasteiger partial charge in [0.25, 0.3) is 5.91 Å². The molecule has 5 nitrogen and oxygen atoms in total. The highest BCUT2D eigenvalue weighted by molar-refractivity contribution is 6.10. The highest BCUT2D eigenvalue weighted by Gasteiger charge is 2.26. The fourth-order valence-corrected chi connectivity index (χ4v) is 1.45. The van der Waals surface area contributed by atoms with E-state index in [0.29, 0.717) is 17.9 Å². The topological polar surface area (TPSA) is 64.6 Å². The number of nitrogens with one attached hydrogen (secondary N) is 1. The summed E-state index contributed by atoms with van der Waals surface area (Å²) in [6.07, 6.45) is 0.723. The van der Waals surface area contributed by atoms with Crippen LogP contribution in [0, 0.1) is 0 Å². The van der Waals surface area contributed by atoms with Crippen LogP contribution in [0.3, 0.4) is 0 Å². The van der Waals surface area contributed by atoms with Gasteiger partial charge >= 0.3 is 6.09 Å². The van der Waals surface area contributed by atoms with Crippen molar-refractivity contribution in [3.63, 3.8) is 0 Å². The van der Waals surface area contributed by atoms with Crippen LogP contribution in [0.4, 0.5) is 4.79 Å². The number of amides is 2. The van der Waals surface area contributed by atoms with Gasteiger partial charge < -0.3 is 9.47 Å². The van der Waals surface area contributed by atoms with E-state index in [-0.39, 0.29) is 5.76 Å². The Labute approximate surface area is 98.0 Å². The smallest absolute Gasteiger partial charge is 0.419 e. The molecule has 1 aliphatic heterocycles. The summed E-state index contributed by atoms with van der Waals surface area (Å²) in [5.74, 6) is 0.0710. The van der Waals surface area contributed by atoms with Crippen molar-refractivity contribution in [3.8, 4) is 5.75 Å². The number of cyclic esters (lactones) is 1. The molecular formula is C12H11NO4. The zero-order valence-corrected chi connectivity index (χ0v) is 9.23. The van der Waals surface area contributed by atoms with Gasteiger partial charge in [-0.3, -0.25) is 10.1 Å². The molecule has 2 rings (SSSR count). The Morgan fingerprint density at radius 3 is 2.76 bits per heavy atom. The van der Waals surface area contributed by atoms with Gasteiger partial charge in [0.05, 0.1) is 6.61 Å². The number of ether oxygens (including phenoxy) is 2. The fraction of sp³-hybridized carbons (Fsp3) is 0.167. The van der Waals surface area contributed by atoms with Crippen LogP contribution in [-0.2, 0) is 9.53 Å². The van der Waals surface area contributed by atoms with Gasteiger partial charge in [0, 0.05) is 5.56 Å². The lowest BCUT2D eigenvalue weighted by Crippen LogP contribution is -2.18. The Morgan fingerprint density at radius 1 is 1.35 bits per heavy atom. The summed E-state index contributed by atoms with van der Waals surface area (Å²) in [5, 5.41) is 2.03. The van der Waals surface area contributed by atoms with Crippen molar-refractivity contribution in [2.75, 3.05) is 6.61 Å². The molecule has 0 spiro atoms. The van der Waals surface area contributed by atoms with E-state index in [2.05, 4.69) is 0 Å². The Hall–Kier alpha value is -2.30. The number of para-hydroxylation sites is 1. The third kappa shape index (κ3) is 2.44. The van der Waals surface area contributed by atoms with E-state index >= 15 is 0 Å². The number of carbonyl (C=O) groups is 2. The summed E-state index contributed by atoms with van der Waals surface area (Å²) in [6.45, 7) is 2.39. The summed E-state index contributed by atoms with van der Waals surface area (Å²) in [7, 11) is 0. The number of rotatable bonds is 3. The van der Waals surface area contributed by atoms with Crippen LogP contribution in [0.15, 0.2) is 30.0 Å². The molecule has 1 aliphatic rings. The summed E-state index contributed by atoms with van der Waals surface area (Å²) in [6, 6.07) is 7.19. The number of hydrogen-bond acceptors (Lipinski definition) is 4. The minimum atomic E-state index is -0.754. The van der Waals surface area contributed by atoms with Crippen LogP contribution in [0.1, 0.15) is 12.5 Å². The number of carbonyl (C=O) groups excluding carboxylic acids is 2. The van der Waals surface area contributed by atoms with Crippen molar-refractivity contribution >= 4 is 18.1 Å². The number of hydrogen-bond donors (Lipinski definition) is 1. The normalized spacial score (nSPS) is 16.9. The summed E-state index contributed by atoms with van der Waals surface area (Å²) >= 11 is 0. The zero-order valence-electron chi connectivity index (χ0n) is 9.23. The predicted octanol–water partition coefficient (Wildman–Crippen LogP) is 1.69.